The van der Waals surface area contributed by atoms with Crippen molar-refractivity contribution >= 4 is 11.9 Å². The Bertz CT molecular complexity index is 515. The van der Waals surface area contributed by atoms with Crippen molar-refractivity contribution < 1.29 is 9.59 Å². The molecule has 1 heterocycles. The summed E-state index contributed by atoms with van der Waals surface area (Å²) in [5, 5.41) is 2.92. The lowest BCUT2D eigenvalue weighted by molar-refractivity contribution is -0.118. The Kier molecular flexibility index (Phi) is 7.52. The molecule has 0 unspecified atom stereocenters. The van der Waals surface area contributed by atoms with Gasteiger partial charge in [0.1, 0.15) is 0 Å². The Morgan fingerprint density at radius 1 is 1.17 bits per heavy atom. The van der Waals surface area contributed by atoms with Crippen LogP contribution in [0.2, 0.25) is 0 Å². The first-order valence-electron chi connectivity index (χ1n) is 8.85. The van der Waals surface area contributed by atoms with Gasteiger partial charge >= 0.3 is 6.03 Å². The molecule has 1 fully saturated rings. The maximum absolute atomic E-state index is 12.4. The van der Waals surface area contributed by atoms with Crippen molar-refractivity contribution in [3.63, 3.8) is 0 Å². The van der Waals surface area contributed by atoms with E-state index in [9.17, 15) is 9.59 Å². The van der Waals surface area contributed by atoms with Crippen LogP contribution in [0.25, 0.3) is 0 Å². The summed E-state index contributed by atoms with van der Waals surface area (Å²) in [7, 11) is 0. The molecule has 24 heavy (non-hydrogen) atoms. The van der Waals surface area contributed by atoms with Crippen molar-refractivity contribution in [2.75, 3.05) is 13.1 Å². The fourth-order valence-electron chi connectivity index (χ4n) is 3.16. The van der Waals surface area contributed by atoms with Crippen LogP contribution < -0.4 is 11.1 Å². The molecule has 132 valence electrons. The van der Waals surface area contributed by atoms with Crippen molar-refractivity contribution in [3.05, 3.63) is 30.1 Å². The van der Waals surface area contributed by atoms with Crippen LogP contribution in [-0.2, 0) is 11.3 Å². The topological polar surface area (TPSA) is 88.3 Å². The molecule has 0 aliphatic heterocycles. The number of nitrogens with one attached hydrogen (secondary N) is 1. The molecule has 0 atom stereocenters. The second kappa shape index (κ2) is 9.90. The Hall–Kier alpha value is -2.11. The van der Waals surface area contributed by atoms with Gasteiger partial charge in [0.2, 0.25) is 5.91 Å². The number of carbonyl (C=O) groups excluding carboxylic acids is 2. The number of hydrogen-bond donors (Lipinski definition) is 2. The van der Waals surface area contributed by atoms with Gasteiger partial charge in [-0.3, -0.25) is 9.78 Å². The molecule has 6 nitrogen and oxygen atoms in total. The van der Waals surface area contributed by atoms with Gasteiger partial charge in [-0.2, -0.15) is 0 Å². The summed E-state index contributed by atoms with van der Waals surface area (Å²) in [6, 6.07) is 3.61. The van der Waals surface area contributed by atoms with Crippen LogP contribution in [0.15, 0.2) is 24.5 Å². The van der Waals surface area contributed by atoms with E-state index in [1.165, 1.54) is 32.1 Å². The summed E-state index contributed by atoms with van der Waals surface area (Å²) >= 11 is 0. The van der Waals surface area contributed by atoms with Crippen molar-refractivity contribution in [2.45, 2.75) is 51.5 Å². The highest BCUT2D eigenvalue weighted by Crippen LogP contribution is 2.26. The van der Waals surface area contributed by atoms with Crippen molar-refractivity contribution in [2.24, 2.45) is 11.7 Å². The third-order valence-electron chi connectivity index (χ3n) is 4.64. The zero-order valence-electron chi connectivity index (χ0n) is 14.2. The minimum Gasteiger partial charge on any atom is -0.370 e. The molecule has 1 aliphatic carbocycles. The Balaban J connectivity index is 1.83. The van der Waals surface area contributed by atoms with Crippen LogP contribution in [0.4, 0.5) is 4.79 Å². The number of primary amides is 1. The van der Waals surface area contributed by atoms with E-state index in [0.717, 1.165) is 12.0 Å². The van der Waals surface area contributed by atoms with Crippen LogP contribution in [-0.4, -0.2) is 34.9 Å². The molecule has 1 aromatic rings. The van der Waals surface area contributed by atoms with Gasteiger partial charge in [0.25, 0.3) is 0 Å². The molecule has 0 bridgehead atoms. The number of aromatic nitrogens is 1. The third-order valence-corrected chi connectivity index (χ3v) is 4.64. The summed E-state index contributed by atoms with van der Waals surface area (Å²) in [5.41, 5.74) is 6.24. The molecule has 3 N–H and O–H groups in total. The summed E-state index contributed by atoms with van der Waals surface area (Å²) in [5.74, 6) is 0.322. The molecule has 1 aromatic heterocycles. The predicted molar refractivity (Wildman–Crippen MR) is 93.0 cm³/mol. The van der Waals surface area contributed by atoms with Gasteiger partial charge in [0.15, 0.2) is 0 Å². The van der Waals surface area contributed by atoms with Crippen LogP contribution >= 0.6 is 0 Å². The van der Waals surface area contributed by atoms with Gasteiger partial charge in [0.05, 0.1) is 0 Å². The van der Waals surface area contributed by atoms with Gasteiger partial charge < -0.3 is 16.0 Å². The van der Waals surface area contributed by atoms with Crippen LogP contribution in [0.1, 0.15) is 50.5 Å². The highest BCUT2D eigenvalue weighted by atomic mass is 16.2. The van der Waals surface area contributed by atoms with E-state index in [1.807, 2.05) is 12.1 Å². The second-order valence-corrected chi connectivity index (χ2v) is 6.51. The van der Waals surface area contributed by atoms with E-state index in [4.69, 9.17) is 5.73 Å². The molecule has 0 saturated heterocycles. The lowest BCUT2D eigenvalue weighted by atomic mass is 9.87. The highest BCUT2D eigenvalue weighted by molar-refractivity contribution is 5.77. The largest absolute Gasteiger partial charge is 0.370 e. The zero-order valence-corrected chi connectivity index (χ0v) is 14.2. The van der Waals surface area contributed by atoms with Crippen LogP contribution in [0.3, 0.4) is 0 Å². The highest BCUT2D eigenvalue weighted by Gasteiger charge is 2.18. The standard InChI is InChI=1S/C18H28N4O2/c19-17(23)9-13-22(12-8-15-4-2-1-3-5-15)18(24)21-14-16-6-10-20-11-7-16/h6-7,10-11,15H,1-5,8-9,12-14H2,(H2,19,23)(H,21,24). The van der Waals surface area contributed by atoms with E-state index in [0.29, 0.717) is 25.6 Å². The summed E-state index contributed by atoms with van der Waals surface area (Å²) in [6.45, 7) is 1.52. The number of pyridine rings is 1. The van der Waals surface area contributed by atoms with Crippen molar-refractivity contribution in [1.29, 1.82) is 0 Å². The maximum Gasteiger partial charge on any atom is 0.317 e. The van der Waals surface area contributed by atoms with Gasteiger partial charge in [-0.1, -0.05) is 32.1 Å². The smallest absolute Gasteiger partial charge is 0.317 e. The number of rotatable bonds is 8. The normalized spacial score (nSPS) is 15.0. The molecule has 1 saturated carbocycles. The van der Waals surface area contributed by atoms with Gasteiger partial charge in [-0.05, 0) is 30.0 Å². The summed E-state index contributed by atoms with van der Waals surface area (Å²) in [6.07, 6.45) is 11.0. The van der Waals surface area contributed by atoms with Crippen LogP contribution in [0.5, 0.6) is 0 Å². The minimum atomic E-state index is -0.375. The van der Waals surface area contributed by atoms with E-state index < -0.39 is 0 Å². The Morgan fingerprint density at radius 2 is 1.88 bits per heavy atom. The average molecular weight is 332 g/mol. The van der Waals surface area contributed by atoms with E-state index in [2.05, 4.69) is 10.3 Å². The van der Waals surface area contributed by atoms with Crippen molar-refractivity contribution in [3.8, 4) is 0 Å². The lowest BCUT2D eigenvalue weighted by Gasteiger charge is -2.27. The first-order chi connectivity index (χ1) is 11.6. The quantitative estimate of drug-likeness (QED) is 0.766. The molecule has 0 spiro atoms. The van der Waals surface area contributed by atoms with E-state index in [-0.39, 0.29) is 18.4 Å². The number of urea groups is 1. The first-order valence-corrected chi connectivity index (χ1v) is 8.85. The second-order valence-electron chi connectivity index (χ2n) is 6.51. The Labute approximate surface area is 143 Å². The molecule has 3 amide bonds. The predicted octanol–water partition coefficient (Wildman–Crippen LogP) is 2.44. The molecule has 6 heteroatoms. The Morgan fingerprint density at radius 3 is 2.54 bits per heavy atom. The molecule has 0 aromatic carbocycles. The minimum absolute atomic E-state index is 0.135. The molecule has 2 rings (SSSR count). The molecular weight excluding hydrogens is 304 g/mol. The molecule has 0 radical (unpaired) electrons. The molecule has 1 aliphatic rings. The number of nitrogens with zero attached hydrogens (tertiary/aromatic N) is 2. The lowest BCUT2D eigenvalue weighted by Crippen LogP contribution is -2.42. The number of carbonyl (C=O) groups is 2. The average Bonchev–Trinajstić information content (AvgIpc) is 2.61. The van der Waals surface area contributed by atoms with Gasteiger partial charge in [-0.25, -0.2) is 4.79 Å². The zero-order chi connectivity index (χ0) is 17.2. The van der Waals surface area contributed by atoms with Crippen molar-refractivity contribution in [1.82, 2.24) is 15.2 Å². The first kappa shape index (κ1) is 18.2. The SMILES string of the molecule is NC(=O)CCN(CCC1CCCCC1)C(=O)NCc1ccncc1. The number of amides is 3. The maximum atomic E-state index is 12.4. The third kappa shape index (κ3) is 6.56. The van der Waals surface area contributed by atoms with E-state index in [1.54, 1.807) is 17.3 Å². The van der Waals surface area contributed by atoms with E-state index >= 15 is 0 Å². The molecular formula is C18H28N4O2. The fourth-order valence-corrected chi connectivity index (χ4v) is 3.16. The van der Waals surface area contributed by atoms with Gasteiger partial charge in [0, 0.05) is 38.4 Å². The van der Waals surface area contributed by atoms with Crippen LogP contribution in [0, 0.1) is 5.92 Å². The summed E-state index contributed by atoms with van der Waals surface area (Å²) in [4.78, 5) is 29.2. The van der Waals surface area contributed by atoms with Gasteiger partial charge in [-0.15, -0.1) is 0 Å². The number of hydrogen-bond acceptors (Lipinski definition) is 3. The monoisotopic (exact) mass is 332 g/mol. The fraction of sp³-hybridized carbons (Fsp3) is 0.611. The summed E-state index contributed by atoms with van der Waals surface area (Å²) < 4.78 is 0. The number of nitrogens with two attached hydrogens (primary N) is 1.